The van der Waals surface area contributed by atoms with E-state index in [9.17, 15) is 14.9 Å². The molecule has 2 N–H and O–H groups in total. The Bertz CT molecular complexity index is 567. The Hall–Kier alpha value is -2.11. The van der Waals surface area contributed by atoms with Gasteiger partial charge >= 0.3 is 0 Å². The highest BCUT2D eigenvalue weighted by atomic mass is 16.6. The molecule has 1 saturated heterocycles. The maximum Gasteiger partial charge on any atom is 0.270 e. The van der Waals surface area contributed by atoms with Gasteiger partial charge in [-0.25, -0.2) is 0 Å². The van der Waals surface area contributed by atoms with E-state index in [1.165, 1.54) is 18.2 Å². The second-order valence-corrected chi connectivity index (χ2v) is 5.71. The number of nitrogens with two attached hydrogens (primary N) is 1. The second kappa shape index (κ2) is 5.71. The van der Waals surface area contributed by atoms with Gasteiger partial charge in [-0.15, -0.1) is 0 Å². The van der Waals surface area contributed by atoms with E-state index in [4.69, 9.17) is 5.73 Å². The Morgan fingerprint density at radius 3 is 2.62 bits per heavy atom. The Labute approximate surface area is 124 Å². The van der Waals surface area contributed by atoms with E-state index >= 15 is 0 Å². The van der Waals surface area contributed by atoms with Crippen LogP contribution in [-0.2, 0) is 0 Å². The zero-order valence-electron chi connectivity index (χ0n) is 12.5. The van der Waals surface area contributed by atoms with Crippen LogP contribution < -0.4 is 5.73 Å². The van der Waals surface area contributed by atoms with Gasteiger partial charge in [0, 0.05) is 30.9 Å². The van der Waals surface area contributed by atoms with Crippen LogP contribution in [0.15, 0.2) is 18.2 Å². The molecule has 2 rings (SSSR count). The van der Waals surface area contributed by atoms with Gasteiger partial charge < -0.3 is 10.6 Å². The number of nitrogen functional groups attached to an aromatic ring is 1. The predicted octanol–water partition coefficient (Wildman–Crippen LogP) is 2.83. The van der Waals surface area contributed by atoms with E-state index in [1.807, 2.05) is 0 Å². The molecule has 1 fully saturated rings. The lowest BCUT2D eigenvalue weighted by molar-refractivity contribution is -0.384. The number of benzene rings is 1. The molecule has 0 aromatic heterocycles. The molecule has 1 aromatic rings. The fourth-order valence-electron chi connectivity index (χ4n) is 2.95. The maximum atomic E-state index is 12.6. The van der Waals surface area contributed by atoms with E-state index < -0.39 is 4.92 Å². The molecule has 1 heterocycles. The molecule has 1 aromatic carbocycles. The van der Waals surface area contributed by atoms with E-state index in [0.717, 1.165) is 19.3 Å². The third-order valence-corrected chi connectivity index (χ3v) is 4.70. The zero-order chi connectivity index (χ0) is 15.6. The van der Waals surface area contributed by atoms with Crippen LogP contribution in [0, 0.1) is 15.5 Å². The molecule has 1 aliphatic heterocycles. The summed E-state index contributed by atoms with van der Waals surface area (Å²) in [5, 5.41) is 10.8. The van der Waals surface area contributed by atoms with Crippen molar-refractivity contribution >= 4 is 17.3 Å². The molecular weight excluding hydrogens is 270 g/mol. The van der Waals surface area contributed by atoms with E-state index in [2.05, 4.69) is 13.8 Å². The first-order valence-electron chi connectivity index (χ1n) is 7.25. The molecule has 0 saturated carbocycles. The number of carbonyl (C=O) groups excluding carboxylic acids is 1. The van der Waals surface area contributed by atoms with Crippen molar-refractivity contribution in [2.24, 2.45) is 5.41 Å². The van der Waals surface area contributed by atoms with Crippen molar-refractivity contribution in [3.05, 3.63) is 33.9 Å². The van der Waals surface area contributed by atoms with Gasteiger partial charge in [-0.1, -0.05) is 13.8 Å². The predicted molar refractivity (Wildman–Crippen MR) is 81.0 cm³/mol. The molecule has 21 heavy (non-hydrogen) atoms. The Morgan fingerprint density at radius 2 is 2.10 bits per heavy atom. The number of likely N-dealkylation sites (tertiary alicyclic amines) is 1. The largest absolute Gasteiger partial charge is 0.398 e. The van der Waals surface area contributed by atoms with Gasteiger partial charge in [0.05, 0.1) is 10.5 Å². The lowest BCUT2D eigenvalue weighted by Crippen LogP contribution is -2.32. The van der Waals surface area contributed by atoms with Gasteiger partial charge in [0.25, 0.3) is 11.6 Å². The highest BCUT2D eigenvalue weighted by Crippen LogP contribution is 2.38. The summed E-state index contributed by atoms with van der Waals surface area (Å²) in [6.45, 7) is 5.65. The average molecular weight is 291 g/mol. The number of nitro groups is 1. The molecule has 0 spiro atoms. The molecule has 0 atom stereocenters. The molecule has 6 heteroatoms. The molecule has 6 nitrogen and oxygen atoms in total. The summed E-state index contributed by atoms with van der Waals surface area (Å²) >= 11 is 0. The lowest BCUT2D eigenvalue weighted by atomic mass is 9.82. The van der Waals surface area contributed by atoms with E-state index in [0.29, 0.717) is 13.1 Å². The van der Waals surface area contributed by atoms with Crippen molar-refractivity contribution < 1.29 is 9.72 Å². The second-order valence-electron chi connectivity index (χ2n) is 5.71. The summed E-state index contributed by atoms with van der Waals surface area (Å²) in [7, 11) is 0. The number of hydrogen-bond donors (Lipinski definition) is 1. The summed E-state index contributed by atoms with van der Waals surface area (Å²) in [5.41, 5.74) is 6.40. The van der Waals surface area contributed by atoms with Crippen molar-refractivity contribution in [1.82, 2.24) is 4.90 Å². The van der Waals surface area contributed by atoms with Gasteiger partial charge in [-0.3, -0.25) is 14.9 Å². The number of nitrogens with zero attached hydrogens (tertiary/aromatic N) is 2. The molecule has 0 bridgehead atoms. The highest BCUT2D eigenvalue weighted by molar-refractivity contribution is 6.00. The van der Waals surface area contributed by atoms with Crippen LogP contribution in [-0.4, -0.2) is 28.8 Å². The SMILES string of the molecule is CCC1(CC)CCN(C(=O)c2cc([N+](=O)[O-])ccc2N)C1. The number of nitro benzene ring substituents is 1. The number of carbonyl (C=O) groups is 1. The molecule has 0 radical (unpaired) electrons. The number of anilines is 1. The van der Waals surface area contributed by atoms with Crippen LogP contribution >= 0.6 is 0 Å². The maximum absolute atomic E-state index is 12.6. The highest BCUT2D eigenvalue weighted by Gasteiger charge is 2.37. The Morgan fingerprint density at radius 1 is 1.43 bits per heavy atom. The summed E-state index contributed by atoms with van der Waals surface area (Å²) in [6.07, 6.45) is 3.02. The van der Waals surface area contributed by atoms with Gasteiger partial charge in [-0.05, 0) is 30.7 Å². The Kier molecular flexibility index (Phi) is 4.16. The average Bonchev–Trinajstić information content (AvgIpc) is 2.92. The van der Waals surface area contributed by atoms with Crippen molar-refractivity contribution in [2.75, 3.05) is 18.8 Å². The van der Waals surface area contributed by atoms with Crippen LogP contribution in [0.4, 0.5) is 11.4 Å². The Balaban J connectivity index is 2.25. The van der Waals surface area contributed by atoms with Gasteiger partial charge in [0.1, 0.15) is 0 Å². The smallest absolute Gasteiger partial charge is 0.270 e. The number of non-ortho nitro benzene ring substituents is 1. The molecule has 0 unspecified atom stereocenters. The van der Waals surface area contributed by atoms with Crippen molar-refractivity contribution in [2.45, 2.75) is 33.1 Å². The molecule has 114 valence electrons. The van der Waals surface area contributed by atoms with Crippen molar-refractivity contribution in [3.63, 3.8) is 0 Å². The lowest BCUT2D eigenvalue weighted by Gasteiger charge is -2.26. The molecular formula is C15H21N3O3. The normalized spacial score (nSPS) is 17.0. The van der Waals surface area contributed by atoms with Crippen LogP contribution in [0.25, 0.3) is 0 Å². The molecule has 1 aliphatic rings. The van der Waals surface area contributed by atoms with Gasteiger partial charge in [0.15, 0.2) is 0 Å². The fraction of sp³-hybridized carbons (Fsp3) is 0.533. The molecule has 1 amide bonds. The monoisotopic (exact) mass is 291 g/mol. The van der Waals surface area contributed by atoms with Crippen LogP contribution in [0.3, 0.4) is 0 Å². The first-order chi connectivity index (χ1) is 9.92. The third kappa shape index (κ3) is 2.84. The molecule has 0 aliphatic carbocycles. The number of rotatable bonds is 4. The minimum atomic E-state index is -0.511. The summed E-state index contributed by atoms with van der Waals surface area (Å²) in [6, 6.07) is 4.02. The van der Waals surface area contributed by atoms with Gasteiger partial charge in [0.2, 0.25) is 0 Å². The number of amides is 1. The standard InChI is InChI=1S/C15H21N3O3/c1-3-15(4-2)7-8-17(10-15)14(19)12-9-11(18(20)21)5-6-13(12)16/h5-6,9H,3-4,7-8,10,16H2,1-2H3. The third-order valence-electron chi connectivity index (χ3n) is 4.70. The quantitative estimate of drug-likeness (QED) is 0.524. The summed E-state index contributed by atoms with van der Waals surface area (Å²) in [4.78, 5) is 24.7. The summed E-state index contributed by atoms with van der Waals surface area (Å²) in [5.74, 6) is -0.208. The first-order valence-corrected chi connectivity index (χ1v) is 7.25. The van der Waals surface area contributed by atoms with Crippen LogP contribution in [0.5, 0.6) is 0 Å². The zero-order valence-corrected chi connectivity index (χ0v) is 12.5. The topological polar surface area (TPSA) is 89.5 Å². The van der Waals surface area contributed by atoms with Crippen LogP contribution in [0.1, 0.15) is 43.5 Å². The van der Waals surface area contributed by atoms with E-state index in [-0.39, 0.29) is 28.3 Å². The number of hydrogen-bond acceptors (Lipinski definition) is 4. The van der Waals surface area contributed by atoms with Gasteiger partial charge in [-0.2, -0.15) is 0 Å². The van der Waals surface area contributed by atoms with Crippen LogP contribution in [0.2, 0.25) is 0 Å². The minimum absolute atomic E-state index is 0.107. The van der Waals surface area contributed by atoms with Crippen molar-refractivity contribution in [3.8, 4) is 0 Å². The van der Waals surface area contributed by atoms with Crippen molar-refractivity contribution in [1.29, 1.82) is 0 Å². The van der Waals surface area contributed by atoms with E-state index in [1.54, 1.807) is 4.90 Å². The minimum Gasteiger partial charge on any atom is -0.398 e. The summed E-state index contributed by atoms with van der Waals surface area (Å²) < 4.78 is 0. The fourth-order valence-corrected chi connectivity index (χ4v) is 2.95. The first kappa shape index (κ1) is 15.3.